The molecule has 2 aromatic rings. The second-order valence-corrected chi connectivity index (χ2v) is 6.03. The molecule has 2 amide bonds. The number of carbonyl (C=O) groups excluding carboxylic acids is 2. The van der Waals surface area contributed by atoms with Crippen molar-refractivity contribution < 1.29 is 24.0 Å². The Morgan fingerprint density at radius 1 is 1.11 bits per heavy atom. The van der Waals surface area contributed by atoms with Gasteiger partial charge in [0, 0.05) is 36.0 Å². The van der Waals surface area contributed by atoms with E-state index in [0.29, 0.717) is 36.9 Å². The Hall–Kier alpha value is -3.62. The van der Waals surface area contributed by atoms with Gasteiger partial charge in [-0.25, -0.2) is 0 Å². The van der Waals surface area contributed by atoms with Gasteiger partial charge in [0.25, 0.3) is 11.6 Å². The molecule has 1 heterocycles. The van der Waals surface area contributed by atoms with E-state index in [4.69, 9.17) is 9.47 Å². The third-order valence-electron chi connectivity index (χ3n) is 4.15. The average molecular weight is 385 g/mol. The summed E-state index contributed by atoms with van der Waals surface area (Å²) in [6, 6.07) is 10.3. The van der Waals surface area contributed by atoms with E-state index in [1.54, 1.807) is 25.1 Å². The van der Waals surface area contributed by atoms with Gasteiger partial charge in [-0.3, -0.25) is 19.7 Å². The summed E-state index contributed by atoms with van der Waals surface area (Å²) < 4.78 is 10.9. The van der Waals surface area contributed by atoms with Crippen LogP contribution < -0.4 is 14.8 Å². The van der Waals surface area contributed by atoms with Crippen LogP contribution in [-0.4, -0.2) is 47.9 Å². The molecular weight excluding hydrogens is 366 g/mol. The second-order valence-electron chi connectivity index (χ2n) is 6.03. The van der Waals surface area contributed by atoms with Gasteiger partial charge in [-0.1, -0.05) is 0 Å². The lowest BCUT2D eigenvalue weighted by Gasteiger charge is -2.21. The standard InChI is InChI=1S/C19H19N3O6/c1-2-21(19(24)13-3-6-15(7-4-13)22(25)26)12-18(23)20-14-5-8-16-17(11-14)28-10-9-27-16/h3-8,11H,2,9-10,12H2,1H3,(H,20,23). The molecule has 0 bridgehead atoms. The Morgan fingerprint density at radius 3 is 2.43 bits per heavy atom. The molecule has 9 nitrogen and oxygen atoms in total. The van der Waals surface area contributed by atoms with Crippen molar-refractivity contribution in [3.8, 4) is 11.5 Å². The van der Waals surface area contributed by atoms with Gasteiger partial charge in [0.15, 0.2) is 11.5 Å². The van der Waals surface area contributed by atoms with Gasteiger partial charge in [-0.15, -0.1) is 0 Å². The third kappa shape index (κ3) is 4.37. The van der Waals surface area contributed by atoms with Gasteiger partial charge in [0.2, 0.25) is 5.91 Å². The molecule has 9 heteroatoms. The summed E-state index contributed by atoms with van der Waals surface area (Å²) in [5.74, 6) is 0.426. The smallest absolute Gasteiger partial charge is 0.269 e. The molecule has 0 unspecified atom stereocenters. The van der Waals surface area contributed by atoms with Crippen LogP contribution in [0.3, 0.4) is 0 Å². The Morgan fingerprint density at radius 2 is 1.79 bits per heavy atom. The highest BCUT2D eigenvalue weighted by atomic mass is 16.6. The summed E-state index contributed by atoms with van der Waals surface area (Å²) in [5, 5.41) is 13.5. The highest BCUT2D eigenvalue weighted by molar-refractivity contribution is 5.99. The van der Waals surface area contributed by atoms with E-state index in [1.165, 1.54) is 29.2 Å². The molecule has 0 aliphatic carbocycles. The zero-order valence-electron chi connectivity index (χ0n) is 15.2. The molecule has 1 aliphatic rings. The molecule has 1 N–H and O–H groups in total. The van der Waals surface area contributed by atoms with Crippen molar-refractivity contribution in [2.75, 3.05) is 31.6 Å². The van der Waals surface area contributed by atoms with Crippen LogP contribution in [-0.2, 0) is 4.79 Å². The van der Waals surface area contributed by atoms with Crippen molar-refractivity contribution in [1.82, 2.24) is 4.90 Å². The van der Waals surface area contributed by atoms with Gasteiger partial charge in [-0.05, 0) is 31.2 Å². The summed E-state index contributed by atoms with van der Waals surface area (Å²) in [7, 11) is 0. The first-order chi connectivity index (χ1) is 13.5. The van der Waals surface area contributed by atoms with Crippen LogP contribution in [0.15, 0.2) is 42.5 Å². The van der Waals surface area contributed by atoms with Gasteiger partial charge >= 0.3 is 0 Å². The molecule has 0 saturated heterocycles. The number of nitro groups is 1. The summed E-state index contributed by atoms with van der Waals surface area (Å²) in [6.07, 6.45) is 0. The number of hydrogen-bond acceptors (Lipinski definition) is 6. The average Bonchev–Trinajstić information content (AvgIpc) is 2.71. The van der Waals surface area contributed by atoms with Crippen molar-refractivity contribution in [3.05, 3.63) is 58.1 Å². The third-order valence-corrected chi connectivity index (χ3v) is 4.15. The molecule has 0 saturated carbocycles. The van der Waals surface area contributed by atoms with E-state index in [1.807, 2.05) is 0 Å². The number of rotatable bonds is 6. The Kier molecular flexibility index (Phi) is 5.73. The maximum atomic E-state index is 12.6. The SMILES string of the molecule is CCN(CC(=O)Nc1ccc2c(c1)OCCO2)C(=O)c1ccc([N+](=O)[O-])cc1. The number of non-ortho nitro benzene ring substituents is 1. The number of nitrogens with one attached hydrogen (secondary N) is 1. The van der Waals surface area contributed by atoms with E-state index in [-0.39, 0.29) is 29.6 Å². The van der Waals surface area contributed by atoms with Crippen molar-refractivity contribution in [2.24, 2.45) is 0 Å². The number of ether oxygens (including phenoxy) is 2. The number of anilines is 1. The molecule has 0 atom stereocenters. The number of nitro benzene ring substituents is 1. The maximum Gasteiger partial charge on any atom is 0.269 e. The van der Waals surface area contributed by atoms with Gasteiger partial charge < -0.3 is 19.7 Å². The van der Waals surface area contributed by atoms with Crippen molar-refractivity contribution in [2.45, 2.75) is 6.92 Å². The molecular formula is C19H19N3O6. The van der Waals surface area contributed by atoms with E-state index in [9.17, 15) is 19.7 Å². The van der Waals surface area contributed by atoms with E-state index in [2.05, 4.69) is 5.32 Å². The highest BCUT2D eigenvalue weighted by Crippen LogP contribution is 2.32. The fourth-order valence-corrected chi connectivity index (χ4v) is 2.73. The highest BCUT2D eigenvalue weighted by Gasteiger charge is 2.19. The van der Waals surface area contributed by atoms with Gasteiger partial charge in [0.1, 0.15) is 19.8 Å². The number of hydrogen-bond donors (Lipinski definition) is 1. The van der Waals surface area contributed by atoms with E-state index in [0.717, 1.165) is 0 Å². The summed E-state index contributed by atoms with van der Waals surface area (Å²) in [5.41, 5.74) is 0.712. The molecule has 0 spiro atoms. The monoisotopic (exact) mass is 385 g/mol. The number of fused-ring (bicyclic) bond motifs is 1. The molecule has 146 valence electrons. The van der Waals surface area contributed by atoms with Crippen LogP contribution in [0.25, 0.3) is 0 Å². The maximum absolute atomic E-state index is 12.6. The number of amides is 2. The normalized spacial score (nSPS) is 12.2. The minimum Gasteiger partial charge on any atom is -0.486 e. The number of likely N-dealkylation sites (N-methyl/N-ethyl adjacent to an activating group) is 1. The first kappa shape index (κ1) is 19.2. The second kappa shape index (κ2) is 8.38. The largest absolute Gasteiger partial charge is 0.486 e. The first-order valence-electron chi connectivity index (χ1n) is 8.71. The lowest BCUT2D eigenvalue weighted by Crippen LogP contribution is -2.37. The zero-order chi connectivity index (χ0) is 20.1. The molecule has 1 aliphatic heterocycles. The van der Waals surface area contributed by atoms with Crippen LogP contribution in [0, 0.1) is 10.1 Å². The summed E-state index contributed by atoms with van der Waals surface area (Å²) >= 11 is 0. The topological polar surface area (TPSA) is 111 Å². The number of benzene rings is 2. The Labute approximate surface area is 161 Å². The minimum absolute atomic E-state index is 0.101. The molecule has 3 rings (SSSR count). The van der Waals surface area contributed by atoms with Crippen LogP contribution in [0.1, 0.15) is 17.3 Å². The quantitative estimate of drug-likeness (QED) is 0.604. The van der Waals surface area contributed by atoms with E-state index < -0.39 is 4.92 Å². The Balaban J connectivity index is 1.64. The summed E-state index contributed by atoms with van der Waals surface area (Å²) in [6.45, 7) is 2.83. The fourth-order valence-electron chi connectivity index (χ4n) is 2.73. The lowest BCUT2D eigenvalue weighted by molar-refractivity contribution is -0.384. The molecule has 28 heavy (non-hydrogen) atoms. The van der Waals surface area contributed by atoms with Crippen molar-refractivity contribution in [1.29, 1.82) is 0 Å². The fraction of sp³-hybridized carbons (Fsp3) is 0.263. The van der Waals surface area contributed by atoms with Crippen molar-refractivity contribution in [3.63, 3.8) is 0 Å². The van der Waals surface area contributed by atoms with E-state index >= 15 is 0 Å². The van der Waals surface area contributed by atoms with Crippen LogP contribution in [0.5, 0.6) is 11.5 Å². The van der Waals surface area contributed by atoms with Crippen LogP contribution >= 0.6 is 0 Å². The predicted octanol–water partition coefficient (Wildman–Crippen LogP) is 2.47. The first-order valence-corrected chi connectivity index (χ1v) is 8.71. The lowest BCUT2D eigenvalue weighted by atomic mass is 10.2. The van der Waals surface area contributed by atoms with Crippen LogP contribution in [0.4, 0.5) is 11.4 Å². The van der Waals surface area contributed by atoms with Crippen LogP contribution in [0.2, 0.25) is 0 Å². The van der Waals surface area contributed by atoms with Gasteiger partial charge in [0.05, 0.1) is 4.92 Å². The van der Waals surface area contributed by atoms with Gasteiger partial charge in [-0.2, -0.15) is 0 Å². The molecule has 2 aromatic carbocycles. The predicted molar refractivity (Wildman–Crippen MR) is 101 cm³/mol. The Bertz CT molecular complexity index is 897. The minimum atomic E-state index is -0.535. The number of carbonyl (C=O) groups is 2. The number of nitrogens with zero attached hydrogens (tertiary/aromatic N) is 2. The molecule has 0 fully saturated rings. The molecule has 0 aromatic heterocycles. The summed E-state index contributed by atoms with van der Waals surface area (Å²) in [4.78, 5) is 36.5. The zero-order valence-corrected chi connectivity index (χ0v) is 15.2. The van der Waals surface area contributed by atoms with Crippen molar-refractivity contribution >= 4 is 23.2 Å². The molecule has 0 radical (unpaired) electrons.